The zero-order chi connectivity index (χ0) is 10.3. The van der Waals surface area contributed by atoms with Crippen LogP contribution >= 0.6 is 12.6 Å². The van der Waals surface area contributed by atoms with Crippen LogP contribution in [0.4, 0.5) is 0 Å². The second kappa shape index (κ2) is 7.35. The lowest BCUT2D eigenvalue weighted by Gasteiger charge is -2.15. The average Bonchev–Trinajstić information content (AvgIpc) is 1.96. The molecule has 4 heteroatoms. The van der Waals surface area contributed by atoms with Gasteiger partial charge in [0.1, 0.15) is 0 Å². The summed E-state index contributed by atoms with van der Waals surface area (Å²) in [5.74, 6) is 0.678. The van der Waals surface area contributed by atoms with Crippen LogP contribution in [0.15, 0.2) is 0 Å². The van der Waals surface area contributed by atoms with E-state index in [-0.39, 0.29) is 5.12 Å². The van der Waals surface area contributed by atoms with Gasteiger partial charge in [0.25, 0.3) is 0 Å². The summed E-state index contributed by atoms with van der Waals surface area (Å²) in [5, 5.41) is 3.23. The van der Waals surface area contributed by atoms with Crippen molar-refractivity contribution in [2.75, 3.05) is 33.2 Å². The molecule has 0 unspecified atom stereocenters. The smallest absolute Gasteiger partial charge is 0.199 e. The van der Waals surface area contributed by atoms with Gasteiger partial charge in [-0.05, 0) is 19.5 Å². The van der Waals surface area contributed by atoms with Crippen molar-refractivity contribution in [1.82, 2.24) is 10.2 Å². The third-order valence-corrected chi connectivity index (χ3v) is 1.77. The molecule has 0 aromatic rings. The standard InChI is InChI=1S/C9H20N2OS/c1-8(2)6-10-4-5-11(3)7-9(12)13/h8,10H,4-7H2,1-3H3,(H,12,13). The molecule has 78 valence electrons. The van der Waals surface area contributed by atoms with Crippen molar-refractivity contribution in [2.45, 2.75) is 13.8 Å². The summed E-state index contributed by atoms with van der Waals surface area (Å²) in [6, 6.07) is 0. The third kappa shape index (κ3) is 9.86. The fourth-order valence-corrected chi connectivity index (χ4v) is 1.21. The van der Waals surface area contributed by atoms with Crippen LogP contribution in [0.2, 0.25) is 0 Å². The number of likely N-dealkylation sites (N-methyl/N-ethyl adjacent to an activating group) is 1. The zero-order valence-corrected chi connectivity index (χ0v) is 9.60. The lowest BCUT2D eigenvalue weighted by Crippen LogP contribution is -2.33. The molecule has 0 aliphatic rings. The average molecular weight is 204 g/mol. The SMILES string of the molecule is CC(C)CNCCN(C)CC(=O)S. The highest BCUT2D eigenvalue weighted by Gasteiger charge is 2.01. The molecule has 13 heavy (non-hydrogen) atoms. The van der Waals surface area contributed by atoms with E-state index in [4.69, 9.17) is 0 Å². The first kappa shape index (κ1) is 12.9. The van der Waals surface area contributed by atoms with Gasteiger partial charge in [0.15, 0.2) is 5.12 Å². The number of hydrogen-bond acceptors (Lipinski definition) is 3. The highest BCUT2D eigenvalue weighted by Crippen LogP contribution is 1.88. The molecular formula is C9H20N2OS. The maximum absolute atomic E-state index is 10.6. The number of thiol groups is 1. The minimum Gasteiger partial charge on any atom is -0.315 e. The minimum atomic E-state index is -0.0774. The van der Waals surface area contributed by atoms with Gasteiger partial charge in [-0.3, -0.25) is 9.69 Å². The van der Waals surface area contributed by atoms with E-state index in [1.807, 2.05) is 11.9 Å². The van der Waals surface area contributed by atoms with Gasteiger partial charge in [-0.25, -0.2) is 0 Å². The Bertz CT molecular complexity index is 151. The second-order valence-electron chi connectivity index (χ2n) is 3.73. The monoisotopic (exact) mass is 204 g/mol. The zero-order valence-electron chi connectivity index (χ0n) is 8.71. The van der Waals surface area contributed by atoms with Gasteiger partial charge in [-0.2, -0.15) is 0 Å². The molecule has 0 amide bonds. The Morgan fingerprint density at radius 3 is 2.62 bits per heavy atom. The van der Waals surface area contributed by atoms with Crippen LogP contribution in [-0.4, -0.2) is 43.2 Å². The Balaban J connectivity index is 3.26. The summed E-state index contributed by atoms with van der Waals surface area (Å²) in [6.07, 6.45) is 0. The summed E-state index contributed by atoms with van der Waals surface area (Å²) < 4.78 is 0. The van der Waals surface area contributed by atoms with Crippen LogP contribution in [0, 0.1) is 5.92 Å². The molecule has 0 fully saturated rings. The Morgan fingerprint density at radius 1 is 1.54 bits per heavy atom. The Kier molecular flexibility index (Phi) is 7.32. The molecule has 0 rings (SSSR count). The fourth-order valence-electron chi connectivity index (χ4n) is 0.971. The summed E-state index contributed by atoms with van der Waals surface area (Å²) in [5.41, 5.74) is 0. The molecule has 0 spiro atoms. The van der Waals surface area contributed by atoms with E-state index in [0.717, 1.165) is 19.6 Å². The van der Waals surface area contributed by atoms with Gasteiger partial charge >= 0.3 is 0 Å². The highest BCUT2D eigenvalue weighted by molar-refractivity contribution is 7.96. The largest absolute Gasteiger partial charge is 0.315 e. The van der Waals surface area contributed by atoms with Gasteiger partial charge in [0, 0.05) is 13.1 Å². The Labute approximate surface area is 86.3 Å². The number of nitrogens with zero attached hydrogens (tertiary/aromatic N) is 1. The predicted octanol–water partition coefficient (Wildman–Crippen LogP) is 0.620. The maximum atomic E-state index is 10.6. The third-order valence-electron chi connectivity index (χ3n) is 1.63. The van der Waals surface area contributed by atoms with Crippen molar-refractivity contribution in [2.24, 2.45) is 5.92 Å². The van der Waals surface area contributed by atoms with Crippen molar-refractivity contribution < 1.29 is 4.79 Å². The first-order chi connectivity index (χ1) is 6.02. The van der Waals surface area contributed by atoms with Gasteiger partial charge in [-0.1, -0.05) is 13.8 Å². The van der Waals surface area contributed by atoms with Crippen LogP contribution < -0.4 is 5.32 Å². The van der Waals surface area contributed by atoms with Crippen LogP contribution in [0.1, 0.15) is 13.8 Å². The van der Waals surface area contributed by atoms with Crippen LogP contribution in [0.25, 0.3) is 0 Å². The van der Waals surface area contributed by atoms with Gasteiger partial charge in [0.05, 0.1) is 6.54 Å². The van der Waals surface area contributed by atoms with Crippen molar-refractivity contribution >= 4 is 17.7 Å². The lowest BCUT2D eigenvalue weighted by molar-refractivity contribution is -0.111. The highest BCUT2D eigenvalue weighted by atomic mass is 32.1. The molecule has 1 N–H and O–H groups in total. The molecule has 0 radical (unpaired) electrons. The van der Waals surface area contributed by atoms with E-state index in [1.165, 1.54) is 0 Å². The molecule has 0 saturated heterocycles. The van der Waals surface area contributed by atoms with Gasteiger partial charge < -0.3 is 5.32 Å². The van der Waals surface area contributed by atoms with E-state index < -0.39 is 0 Å². The van der Waals surface area contributed by atoms with Crippen LogP contribution in [-0.2, 0) is 4.79 Å². The summed E-state index contributed by atoms with van der Waals surface area (Å²) >= 11 is 3.71. The molecule has 0 atom stereocenters. The second-order valence-corrected chi connectivity index (χ2v) is 4.23. The lowest BCUT2D eigenvalue weighted by atomic mass is 10.2. The van der Waals surface area contributed by atoms with Gasteiger partial charge in [-0.15, -0.1) is 12.6 Å². The van der Waals surface area contributed by atoms with Crippen LogP contribution in [0.5, 0.6) is 0 Å². The summed E-state index contributed by atoms with van der Waals surface area (Å²) in [6.45, 7) is 7.62. The van der Waals surface area contributed by atoms with Crippen molar-refractivity contribution in [3.8, 4) is 0 Å². The number of carbonyl (C=O) groups excluding carboxylic acids is 1. The van der Waals surface area contributed by atoms with E-state index in [1.54, 1.807) is 0 Å². The molecule has 0 aliphatic carbocycles. The molecule has 0 aromatic carbocycles. The molecule has 0 aromatic heterocycles. The molecule has 0 aliphatic heterocycles. The summed E-state index contributed by atoms with van der Waals surface area (Å²) in [4.78, 5) is 12.6. The van der Waals surface area contributed by atoms with E-state index in [2.05, 4.69) is 31.8 Å². The number of carbonyl (C=O) groups is 1. The normalized spacial score (nSPS) is 11.2. The van der Waals surface area contributed by atoms with Crippen LogP contribution in [0.3, 0.4) is 0 Å². The van der Waals surface area contributed by atoms with Crippen molar-refractivity contribution in [1.29, 1.82) is 0 Å². The minimum absolute atomic E-state index is 0.0774. The molecule has 0 bridgehead atoms. The maximum Gasteiger partial charge on any atom is 0.199 e. The van der Waals surface area contributed by atoms with Gasteiger partial charge in [0.2, 0.25) is 0 Å². The topological polar surface area (TPSA) is 32.3 Å². The Morgan fingerprint density at radius 2 is 2.15 bits per heavy atom. The number of rotatable bonds is 7. The van der Waals surface area contributed by atoms with Crippen molar-refractivity contribution in [3.05, 3.63) is 0 Å². The van der Waals surface area contributed by atoms with Crippen molar-refractivity contribution in [3.63, 3.8) is 0 Å². The first-order valence-corrected chi connectivity index (χ1v) is 5.08. The number of nitrogens with one attached hydrogen (secondary N) is 1. The van der Waals surface area contributed by atoms with E-state index >= 15 is 0 Å². The molecular weight excluding hydrogens is 184 g/mol. The molecule has 0 saturated carbocycles. The van der Waals surface area contributed by atoms with E-state index in [9.17, 15) is 4.79 Å². The summed E-state index contributed by atoms with van der Waals surface area (Å²) in [7, 11) is 1.92. The molecule has 0 heterocycles. The Hall–Kier alpha value is -0.0600. The number of hydrogen-bond donors (Lipinski definition) is 2. The first-order valence-electron chi connectivity index (χ1n) is 4.63. The fraction of sp³-hybridized carbons (Fsp3) is 0.889. The quantitative estimate of drug-likeness (QED) is 0.471. The molecule has 3 nitrogen and oxygen atoms in total. The predicted molar refractivity (Wildman–Crippen MR) is 59.2 cm³/mol. The van der Waals surface area contributed by atoms with E-state index in [0.29, 0.717) is 12.5 Å².